The van der Waals surface area contributed by atoms with Crippen LogP contribution >= 0.6 is 34.2 Å². The molecular formula is C8H12ClIN2. The molecule has 1 aromatic heterocycles. The first-order valence-electron chi connectivity index (χ1n) is 3.72. The van der Waals surface area contributed by atoms with Crippen molar-refractivity contribution in [3.8, 4) is 0 Å². The zero-order valence-electron chi connectivity index (χ0n) is 7.65. The molecule has 0 aliphatic rings. The molecule has 0 aliphatic carbocycles. The van der Waals surface area contributed by atoms with Crippen LogP contribution in [0, 0.1) is 3.70 Å². The van der Waals surface area contributed by atoms with Crippen LogP contribution in [0.25, 0.3) is 0 Å². The van der Waals surface area contributed by atoms with Crippen molar-refractivity contribution >= 4 is 34.2 Å². The van der Waals surface area contributed by atoms with Gasteiger partial charge in [-0.25, -0.2) is 0 Å². The van der Waals surface area contributed by atoms with E-state index in [1.807, 2.05) is 11.7 Å². The highest BCUT2D eigenvalue weighted by atomic mass is 127. The normalized spacial score (nSPS) is 12.2. The molecule has 68 valence electrons. The van der Waals surface area contributed by atoms with Gasteiger partial charge in [0.05, 0.1) is 0 Å². The lowest BCUT2D eigenvalue weighted by atomic mass is 9.90. The minimum Gasteiger partial charge on any atom is -0.261 e. The maximum atomic E-state index is 6.00. The van der Waals surface area contributed by atoms with Crippen molar-refractivity contribution in [1.82, 2.24) is 9.78 Å². The number of hydrogen-bond donors (Lipinski definition) is 0. The van der Waals surface area contributed by atoms with Gasteiger partial charge in [-0.3, -0.25) is 4.68 Å². The Kier molecular flexibility index (Phi) is 2.73. The van der Waals surface area contributed by atoms with Gasteiger partial charge in [-0.15, -0.1) is 0 Å². The van der Waals surface area contributed by atoms with E-state index in [0.29, 0.717) is 5.15 Å². The van der Waals surface area contributed by atoms with E-state index in [1.54, 1.807) is 0 Å². The van der Waals surface area contributed by atoms with Crippen molar-refractivity contribution in [2.45, 2.75) is 26.2 Å². The van der Waals surface area contributed by atoms with Gasteiger partial charge >= 0.3 is 0 Å². The molecule has 1 rings (SSSR count). The predicted octanol–water partition coefficient (Wildman–Crippen LogP) is 2.98. The van der Waals surface area contributed by atoms with Crippen molar-refractivity contribution in [3.63, 3.8) is 0 Å². The summed E-state index contributed by atoms with van der Waals surface area (Å²) >= 11 is 8.27. The lowest BCUT2D eigenvalue weighted by Crippen LogP contribution is -2.13. The van der Waals surface area contributed by atoms with Crippen LogP contribution in [0.4, 0.5) is 0 Å². The molecule has 0 unspecified atom stereocenters. The minimum absolute atomic E-state index is 0.0713. The van der Waals surface area contributed by atoms with E-state index in [4.69, 9.17) is 11.6 Å². The molecule has 0 atom stereocenters. The molecule has 12 heavy (non-hydrogen) atoms. The Morgan fingerprint density at radius 2 is 1.92 bits per heavy atom. The second-order valence-electron chi connectivity index (χ2n) is 3.83. The molecule has 0 aromatic carbocycles. The summed E-state index contributed by atoms with van der Waals surface area (Å²) in [6.45, 7) is 6.41. The summed E-state index contributed by atoms with van der Waals surface area (Å²) < 4.78 is 2.92. The first-order chi connectivity index (χ1) is 5.34. The van der Waals surface area contributed by atoms with Crippen molar-refractivity contribution in [1.29, 1.82) is 0 Å². The zero-order valence-corrected chi connectivity index (χ0v) is 10.6. The van der Waals surface area contributed by atoms with Crippen LogP contribution < -0.4 is 0 Å². The van der Waals surface area contributed by atoms with E-state index in [9.17, 15) is 0 Å². The molecule has 0 N–H and O–H groups in total. The topological polar surface area (TPSA) is 17.8 Å². The molecule has 0 radical (unpaired) electrons. The van der Waals surface area contributed by atoms with Gasteiger partial charge in [-0.2, -0.15) is 5.10 Å². The van der Waals surface area contributed by atoms with Crippen LogP contribution in [0.1, 0.15) is 26.3 Å². The van der Waals surface area contributed by atoms with E-state index >= 15 is 0 Å². The summed E-state index contributed by atoms with van der Waals surface area (Å²) in [5, 5.41) is 4.77. The highest BCUT2D eigenvalue weighted by Gasteiger charge is 2.24. The second-order valence-corrected chi connectivity index (χ2v) is 5.21. The number of rotatable bonds is 0. The maximum Gasteiger partial charge on any atom is 0.155 e. The highest BCUT2D eigenvalue weighted by Crippen LogP contribution is 2.32. The second kappa shape index (κ2) is 3.18. The molecule has 1 heterocycles. The van der Waals surface area contributed by atoms with Gasteiger partial charge in [0.15, 0.2) is 5.15 Å². The van der Waals surface area contributed by atoms with Crippen LogP contribution in [0.5, 0.6) is 0 Å². The van der Waals surface area contributed by atoms with Crippen LogP contribution in [0.2, 0.25) is 5.15 Å². The molecule has 0 spiro atoms. The van der Waals surface area contributed by atoms with E-state index in [0.717, 1.165) is 9.26 Å². The molecule has 4 heteroatoms. The third-order valence-corrected chi connectivity index (χ3v) is 3.19. The molecule has 1 aromatic rings. The van der Waals surface area contributed by atoms with E-state index < -0.39 is 0 Å². The fourth-order valence-electron chi connectivity index (χ4n) is 1.09. The Labute approximate surface area is 91.4 Å². The van der Waals surface area contributed by atoms with Crippen molar-refractivity contribution in [2.75, 3.05) is 0 Å². The summed E-state index contributed by atoms with van der Waals surface area (Å²) in [5.74, 6) is 0. The Morgan fingerprint density at radius 1 is 1.42 bits per heavy atom. The van der Waals surface area contributed by atoms with Gasteiger partial charge in [-0.05, 0) is 28.0 Å². The van der Waals surface area contributed by atoms with Gasteiger partial charge in [0.2, 0.25) is 0 Å². The molecule has 0 aliphatic heterocycles. The van der Waals surface area contributed by atoms with Crippen molar-refractivity contribution < 1.29 is 0 Å². The zero-order chi connectivity index (χ0) is 9.52. The summed E-state index contributed by atoms with van der Waals surface area (Å²) in [6, 6.07) is 0. The molecule has 0 bridgehead atoms. The monoisotopic (exact) mass is 298 g/mol. The summed E-state index contributed by atoms with van der Waals surface area (Å²) in [5.41, 5.74) is 1.20. The van der Waals surface area contributed by atoms with E-state index in [1.165, 1.54) is 0 Å². The molecule has 0 amide bonds. The van der Waals surface area contributed by atoms with Crippen LogP contribution in [0.3, 0.4) is 0 Å². The van der Waals surface area contributed by atoms with E-state index in [-0.39, 0.29) is 5.41 Å². The van der Waals surface area contributed by atoms with Gasteiger partial charge in [0, 0.05) is 12.6 Å². The smallest absolute Gasteiger partial charge is 0.155 e. The van der Waals surface area contributed by atoms with Gasteiger partial charge in [0.25, 0.3) is 0 Å². The standard InChI is InChI=1S/C8H12ClIN2/c1-8(2,3)5-6(9)11-12(4)7(5)10/h1-4H3. The molecular weight excluding hydrogens is 286 g/mol. The van der Waals surface area contributed by atoms with E-state index in [2.05, 4.69) is 48.5 Å². The van der Waals surface area contributed by atoms with Crippen molar-refractivity contribution in [2.24, 2.45) is 7.05 Å². The number of halogens is 2. The van der Waals surface area contributed by atoms with Gasteiger partial charge in [0.1, 0.15) is 3.70 Å². The maximum absolute atomic E-state index is 6.00. The van der Waals surface area contributed by atoms with Crippen LogP contribution in [-0.4, -0.2) is 9.78 Å². The van der Waals surface area contributed by atoms with Gasteiger partial charge in [-0.1, -0.05) is 32.4 Å². The SMILES string of the molecule is Cn1nc(Cl)c(C(C)(C)C)c1I. The molecule has 0 fully saturated rings. The third kappa shape index (κ3) is 1.76. The Bertz CT molecular complexity index is 299. The Hall–Kier alpha value is 0.230. The number of nitrogens with zero attached hydrogens (tertiary/aromatic N) is 2. The average molecular weight is 299 g/mol. The average Bonchev–Trinajstić information content (AvgIpc) is 2.05. The summed E-state index contributed by atoms with van der Waals surface area (Å²) in [6.07, 6.45) is 0. The third-order valence-electron chi connectivity index (χ3n) is 1.68. The van der Waals surface area contributed by atoms with Crippen LogP contribution in [0.15, 0.2) is 0 Å². The molecule has 0 saturated carbocycles. The quantitative estimate of drug-likeness (QED) is 0.673. The first kappa shape index (κ1) is 10.3. The summed E-state index contributed by atoms with van der Waals surface area (Å²) in [7, 11) is 1.91. The number of aromatic nitrogens is 2. The largest absolute Gasteiger partial charge is 0.261 e. The Morgan fingerprint density at radius 3 is 2.08 bits per heavy atom. The first-order valence-corrected chi connectivity index (χ1v) is 5.18. The molecule has 2 nitrogen and oxygen atoms in total. The lowest BCUT2D eigenvalue weighted by Gasteiger charge is -2.17. The highest BCUT2D eigenvalue weighted by molar-refractivity contribution is 14.1. The fourth-order valence-corrected chi connectivity index (χ4v) is 2.91. The van der Waals surface area contributed by atoms with Crippen molar-refractivity contribution in [3.05, 3.63) is 14.4 Å². The molecule has 0 saturated heterocycles. The lowest BCUT2D eigenvalue weighted by molar-refractivity contribution is 0.584. The minimum atomic E-state index is 0.0713. The number of hydrogen-bond acceptors (Lipinski definition) is 1. The number of aryl methyl sites for hydroxylation is 1. The summed E-state index contributed by atoms with van der Waals surface area (Å²) in [4.78, 5) is 0. The Balaban J connectivity index is 3.32. The van der Waals surface area contributed by atoms with Crippen LogP contribution in [-0.2, 0) is 12.5 Å². The predicted molar refractivity (Wildman–Crippen MR) is 59.6 cm³/mol. The van der Waals surface area contributed by atoms with Gasteiger partial charge < -0.3 is 0 Å². The fraction of sp³-hybridized carbons (Fsp3) is 0.625.